The number of ether oxygens (including phenoxy) is 1. The molecule has 2 aromatic carbocycles. The predicted octanol–water partition coefficient (Wildman–Crippen LogP) is 2.45. The summed E-state index contributed by atoms with van der Waals surface area (Å²) >= 11 is 0. The smallest absolute Gasteiger partial charge is 0.266 e. The summed E-state index contributed by atoms with van der Waals surface area (Å²) in [6, 6.07) is 21.7. The predicted molar refractivity (Wildman–Crippen MR) is 126 cm³/mol. The molecule has 5 heterocycles. The van der Waals surface area contributed by atoms with Gasteiger partial charge in [-0.15, -0.1) is 0 Å². The van der Waals surface area contributed by atoms with Crippen LogP contribution < -0.4 is 21.7 Å². The molecule has 0 spiro atoms. The lowest BCUT2D eigenvalue weighted by atomic mass is 9.55. The van der Waals surface area contributed by atoms with Gasteiger partial charge in [0.05, 0.1) is 32.2 Å². The number of hydrogen-bond donors (Lipinski definition) is 0. The maximum absolute atomic E-state index is 5.65. The lowest BCUT2D eigenvalue weighted by Gasteiger charge is -2.49. The zero-order chi connectivity index (χ0) is 22.7. The van der Waals surface area contributed by atoms with Crippen molar-refractivity contribution in [1.29, 1.82) is 0 Å². The molecule has 2 atom stereocenters. The van der Waals surface area contributed by atoms with Crippen LogP contribution in [0.1, 0.15) is 52.0 Å². The summed E-state index contributed by atoms with van der Waals surface area (Å²) in [4.78, 5) is 0. The van der Waals surface area contributed by atoms with E-state index in [4.69, 9.17) is 13.6 Å². The molecule has 0 fully saturated rings. The molecule has 8 rings (SSSR count). The molecule has 0 amide bonds. The first kappa shape index (κ1) is 21.8. The molecular formula is C29H25ClN2O3. The SMILES string of the molecule is COc1ccc(C[n+]2ccn3c2C2c4ccccc4C3CC2(c2ccoc2)c2ccoc2)cc1.[Cl-]. The van der Waals surface area contributed by atoms with Crippen molar-refractivity contribution < 1.29 is 30.5 Å². The van der Waals surface area contributed by atoms with Gasteiger partial charge in [-0.25, -0.2) is 9.13 Å². The average Bonchev–Trinajstić information content (AvgIpc) is 3.67. The number of aromatic nitrogens is 2. The topological polar surface area (TPSA) is 44.3 Å². The van der Waals surface area contributed by atoms with Crippen molar-refractivity contribution >= 4 is 0 Å². The van der Waals surface area contributed by atoms with Gasteiger partial charge in [-0.2, -0.15) is 0 Å². The third-order valence-corrected chi connectivity index (χ3v) is 7.82. The second-order valence-electron chi connectivity index (χ2n) is 9.32. The Morgan fingerprint density at radius 1 is 0.943 bits per heavy atom. The van der Waals surface area contributed by atoms with Gasteiger partial charge in [-0.3, -0.25) is 0 Å². The third kappa shape index (κ3) is 3.04. The second kappa shape index (κ2) is 8.21. The molecule has 3 aliphatic rings. The van der Waals surface area contributed by atoms with E-state index in [9.17, 15) is 0 Å². The highest BCUT2D eigenvalue weighted by Crippen LogP contribution is 2.61. The first-order valence-electron chi connectivity index (χ1n) is 11.7. The van der Waals surface area contributed by atoms with E-state index in [-0.39, 0.29) is 29.8 Å². The first-order chi connectivity index (χ1) is 16.8. The fraction of sp³-hybridized carbons (Fsp3) is 0.207. The molecule has 2 aliphatic heterocycles. The van der Waals surface area contributed by atoms with Crippen LogP contribution in [0.3, 0.4) is 0 Å². The lowest BCUT2D eigenvalue weighted by molar-refractivity contribution is -0.697. The van der Waals surface area contributed by atoms with Crippen LogP contribution in [0, 0.1) is 0 Å². The van der Waals surface area contributed by atoms with Gasteiger partial charge in [0.15, 0.2) is 0 Å². The van der Waals surface area contributed by atoms with E-state index < -0.39 is 0 Å². The number of fused-ring (bicyclic) bond motifs is 1. The minimum Gasteiger partial charge on any atom is -1.00 e. The van der Waals surface area contributed by atoms with Crippen molar-refractivity contribution in [3.05, 3.63) is 132 Å². The lowest BCUT2D eigenvalue weighted by Crippen LogP contribution is -3.00. The molecule has 3 aromatic heterocycles. The maximum Gasteiger partial charge on any atom is 0.266 e. The van der Waals surface area contributed by atoms with Crippen LogP contribution in [-0.4, -0.2) is 11.7 Å². The molecule has 1 aliphatic carbocycles. The Balaban J connectivity index is 0.00000229. The minimum atomic E-state index is -0.269. The monoisotopic (exact) mass is 484 g/mol. The Bertz CT molecular complexity index is 1420. The summed E-state index contributed by atoms with van der Waals surface area (Å²) in [6.45, 7) is 0.796. The van der Waals surface area contributed by atoms with Crippen molar-refractivity contribution in [2.24, 2.45) is 0 Å². The zero-order valence-corrected chi connectivity index (χ0v) is 20.1. The highest BCUT2D eigenvalue weighted by molar-refractivity contribution is 5.54. The zero-order valence-electron chi connectivity index (χ0n) is 19.3. The summed E-state index contributed by atoms with van der Waals surface area (Å²) in [5.41, 5.74) is 6.16. The molecule has 2 bridgehead atoms. The van der Waals surface area contributed by atoms with Crippen molar-refractivity contribution in [1.82, 2.24) is 4.57 Å². The van der Waals surface area contributed by atoms with Gasteiger partial charge in [0.25, 0.3) is 5.82 Å². The molecule has 35 heavy (non-hydrogen) atoms. The third-order valence-electron chi connectivity index (χ3n) is 7.82. The maximum atomic E-state index is 5.65. The summed E-state index contributed by atoms with van der Waals surface area (Å²) in [5, 5.41) is 0. The quantitative estimate of drug-likeness (QED) is 0.360. The molecule has 0 N–H and O–H groups in total. The highest BCUT2D eigenvalue weighted by Gasteiger charge is 2.60. The number of halogens is 1. The van der Waals surface area contributed by atoms with Crippen LogP contribution in [0.15, 0.2) is 107 Å². The van der Waals surface area contributed by atoms with Crippen molar-refractivity contribution in [2.45, 2.75) is 30.3 Å². The van der Waals surface area contributed by atoms with Crippen molar-refractivity contribution in [2.75, 3.05) is 7.11 Å². The first-order valence-corrected chi connectivity index (χ1v) is 11.7. The van der Waals surface area contributed by atoms with Crippen LogP contribution in [0.2, 0.25) is 0 Å². The Labute approximate surface area is 210 Å². The van der Waals surface area contributed by atoms with Crippen LogP contribution >= 0.6 is 0 Å². The van der Waals surface area contributed by atoms with Crippen LogP contribution in [0.4, 0.5) is 0 Å². The molecule has 0 radical (unpaired) electrons. The van der Waals surface area contributed by atoms with Crippen LogP contribution in [-0.2, 0) is 12.0 Å². The summed E-state index contributed by atoms with van der Waals surface area (Å²) in [7, 11) is 1.70. The standard InChI is InChI=1S/C29H25N2O3.ClH/c1-32-23-8-6-20(7-9-23)17-30-12-13-31-26-16-29(21-10-14-33-18-21,22-11-15-34-19-22)27(28(30)31)25-5-3-2-4-24(25)26;/h2-15,18-19,26-27H,16-17H2,1H3;1H/q+1;/p-1. The summed E-state index contributed by atoms with van der Waals surface area (Å²) in [6.07, 6.45) is 12.8. The van der Waals surface area contributed by atoms with E-state index in [1.54, 1.807) is 19.6 Å². The number of furan rings is 2. The van der Waals surface area contributed by atoms with Gasteiger partial charge < -0.3 is 26.0 Å². The number of hydrogen-bond acceptors (Lipinski definition) is 3. The Kier molecular flexibility index (Phi) is 5.11. The fourth-order valence-corrected chi connectivity index (χ4v) is 6.35. The Morgan fingerprint density at radius 2 is 1.63 bits per heavy atom. The Morgan fingerprint density at radius 3 is 2.26 bits per heavy atom. The average molecular weight is 485 g/mol. The number of imidazole rings is 1. The molecule has 0 saturated heterocycles. The fourth-order valence-electron chi connectivity index (χ4n) is 6.35. The van der Waals surface area contributed by atoms with E-state index in [0.29, 0.717) is 0 Å². The van der Waals surface area contributed by atoms with Gasteiger partial charge in [0.1, 0.15) is 36.6 Å². The van der Waals surface area contributed by atoms with E-state index in [2.05, 4.69) is 70.1 Å². The number of benzene rings is 2. The normalized spacial score (nSPS) is 19.0. The van der Waals surface area contributed by atoms with Crippen molar-refractivity contribution in [3.63, 3.8) is 0 Å². The molecular weight excluding hydrogens is 460 g/mol. The number of nitrogens with zero attached hydrogens (tertiary/aromatic N) is 2. The minimum absolute atomic E-state index is 0. The van der Waals surface area contributed by atoms with E-state index >= 15 is 0 Å². The molecule has 5 nitrogen and oxygen atoms in total. The van der Waals surface area contributed by atoms with E-state index in [1.165, 1.54) is 33.6 Å². The van der Waals surface area contributed by atoms with Gasteiger partial charge in [-0.1, -0.05) is 36.4 Å². The van der Waals surface area contributed by atoms with Gasteiger partial charge in [-0.05, 0) is 35.4 Å². The largest absolute Gasteiger partial charge is 1.00 e. The molecule has 176 valence electrons. The second-order valence-corrected chi connectivity index (χ2v) is 9.32. The highest BCUT2D eigenvalue weighted by atomic mass is 35.5. The molecule has 0 saturated carbocycles. The van der Waals surface area contributed by atoms with Gasteiger partial charge in [0.2, 0.25) is 0 Å². The Hall–Kier alpha value is -3.70. The summed E-state index contributed by atoms with van der Waals surface area (Å²) in [5.74, 6) is 2.31. The molecule has 6 heteroatoms. The van der Waals surface area contributed by atoms with Gasteiger partial charge in [0, 0.05) is 28.5 Å². The summed E-state index contributed by atoms with van der Waals surface area (Å²) < 4.78 is 21.5. The molecule has 2 unspecified atom stereocenters. The van der Waals surface area contributed by atoms with E-state index in [1.807, 2.05) is 24.7 Å². The number of rotatable bonds is 5. The molecule has 5 aromatic rings. The van der Waals surface area contributed by atoms with Crippen LogP contribution in [0.5, 0.6) is 5.75 Å². The number of methoxy groups -OCH3 is 1. The van der Waals surface area contributed by atoms with Crippen molar-refractivity contribution in [3.8, 4) is 5.75 Å². The van der Waals surface area contributed by atoms with Crippen LogP contribution in [0.25, 0.3) is 0 Å². The van der Waals surface area contributed by atoms with E-state index in [0.717, 1.165) is 18.7 Å². The van der Waals surface area contributed by atoms with Gasteiger partial charge >= 0.3 is 0 Å².